The molecular weight excluding hydrogens is 1150 g/mol. The van der Waals surface area contributed by atoms with Crippen LogP contribution in [-0.4, -0.2) is 98.9 Å². The van der Waals surface area contributed by atoms with Crippen LogP contribution in [0.15, 0.2) is 194 Å². The number of piperazine rings is 2. The van der Waals surface area contributed by atoms with Crippen LogP contribution in [0.4, 0.5) is 49.1 Å². The van der Waals surface area contributed by atoms with Crippen molar-refractivity contribution >= 4 is 58.0 Å². The van der Waals surface area contributed by atoms with Crippen molar-refractivity contribution in [3.05, 3.63) is 238 Å². The van der Waals surface area contributed by atoms with Crippen molar-refractivity contribution in [3.8, 4) is 22.3 Å². The molecule has 0 aromatic heterocycles. The van der Waals surface area contributed by atoms with Crippen molar-refractivity contribution in [2.24, 2.45) is 0 Å². The average Bonchev–Trinajstić information content (AvgIpc) is 1.77. The Morgan fingerprint density at radius 2 is 0.818 bits per heavy atom. The average molecular weight is 1220 g/mol. The predicted molar refractivity (Wildman–Crippen MR) is 336 cm³/mol. The minimum absolute atomic E-state index is 0.00216. The first-order valence-electron chi connectivity index (χ1n) is 29.0. The molecule has 2 aliphatic rings. The van der Waals surface area contributed by atoms with E-state index < -0.39 is 29.4 Å². The van der Waals surface area contributed by atoms with E-state index in [2.05, 4.69) is 40.9 Å². The number of nitrogens with zero attached hydrogens (tertiary/aromatic N) is 4. The SMILES string of the molecule is CCNC(=O)C(c1ccccc1)N1CCN(c2ccc(NC(=O)c3cc(C)ccc3-c3ccc(C(F)(F)F)cc3)cc2)CC1.CCNC(=O)C(c1ccccc1)N1CCN(c2ccc(NC(=O)c3cc(Cl)ccc3-c3ccc(C(F)(F)F)cc3)cc2)CC1. The second kappa shape index (κ2) is 28.7. The van der Waals surface area contributed by atoms with Crippen LogP contribution in [0.25, 0.3) is 22.3 Å². The van der Waals surface area contributed by atoms with Gasteiger partial charge in [0.1, 0.15) is 12.1 Å². The molecule has 2 unspecified atom stereocenters. The Kier molecular flexibility index (Phi) is 20.7. The zero-order valence-electron chi connectivity index (χ0n) is 48.8. The lowest BCUT2D eigenvalue weighted by molar-refractivity contribution is -0.138. The van der Waals surface area contributed by atoms with Gasteiger partial charge in [-0.3, -0.25) is 29.0 Å². The van der Waals surface area contributed by atoms with Crippen LogP contribution < -0.4 is 31.1 Å². The summed E-state index contributed by atoms with van der Waals surface area (Å²) in [6, 6.07) is 53.5. The van der Waals surface area contributed by atoms with Gasteiger partial charge in [0.2, 0.25) is 11.8 Å². The summed E-state index contributed by atoms with van der Waals surface area (Å²) in [5, 5.41) is 12.1. The van der Waals surface area contributed by atoms with Gasteiger partial charge in [0.25, 0.3) is 11.8 Å². The number of carbonyl (C=O) groups is 4. The smallest absolute Gasteiger partial charge is 0.369 e. The third-order valence-electron chi connectivity index (χ3n) is 15.5. The standard InChI is InChI=1S/C35H35F3N4O2.C34H32ClF3N4O2/c1-3-39-34(44)32(26-7-5-4-6-8-26)42-21-19-41(20-22-42)29-16-14-28(15-17-29)40-33(43)31-23-24(2)9-18-30(31)25-10-12-27(13-11-25)35(36,37)38;1-2-39-33(44)31(24-6-4-3-5-7-24)42-20-18-41(19-21-42)28-15-13-27(14-16-28)40-32(43)30-22-26(35)12-17-29(30)23-8-10-25(11-9-23)34(36,37)38/h4-18,23,32H,3,19-22H2,1-2H3,(H,39,44)(H,40,43);3-17,22,31H,2,18-21H2,1H3,(H,39,44)(H,40,43). The summed E-state index contributed by atoms with van der Waals surface area (Å²) in [7, 11) is 0. The van der Waals surface area contributed by atoms with Gasteiger partial charge in [-0.1, -0.05) is 120 Å². The first-order chi connectivity index (χ1) is 42.3. The number of carbonyl (C=O) groups excluding carboxylic acids is 4. The number of likely N-dealkylation sites (N-methyl/N-ethyl adjacent to an activating group) is 2. The number of rotatable bonds is 16. The predicted octanol–water partition coefficient (Wildman–Crippen LogP) is 14.2. The van der Waals surface area contributed by atoms with Gasteiger partial charge in [0, 0.05) is 104 Å². The van der Waals surface area contributed by atoms with Crippen molar-refractivity contribution in [1.29, 1.82) is 0 Å². The molecule has 10 rings (SSSR count). The second-order valence-corrected chi connectivity index (χ2v) is 21.8. The van der Waals surface area contributed by atoms with Crippen molar-refractivity contribution in [2.75, 3.05) is 85.9 Å². The zero-order chi connectivity index (χ0) is 62.5. The topological polar surface area (TPSA) is 129 Å². The number of amides is 4. The maximum atomic E-state index is 13.4. The lowest BCUT2D eigenvalue weighted by Crippen LogP contribution is -2.51. The van der Waals surface area contributed by atoms with E-state index in [4.69, 9.17) is 11.6 Å². The molecule has 2 saturated heterocycles. The Morgan fingerprint density at radius 1 is 0.455 bits per heavy atom. The van der Waals surface area contributed by atoms with Gasteiger partial charge in [0.05, 0.1) is 11.1 Å². The van der Waals surface area contributed by atoms with E-state index in [-0.39, 0.29) is 35.4 Å². The van der Waals surface area contributed by atoms with Crippen LogP contribution in [0, 0.1) is 6.92 Å². The molecule has 2 heterocycles. The fraction of sp³-hybridized carbons (Fsp3) is 0.246. The van der Waals surface area contributed by atoms with Crippen molar-refractivity contribution in [1.82, 2.24) is 20.4 Å². The van der Waals surface area contributed by atoms with Gasteiger partial charge in [-0.15, -0.1) is 0 Å². The molecule has 0 bridgehead atoms. The number of benzene rings is 8. The van der Waals surface area contributed by atoms with E-state index in [9.17, 15) is 45.5 Å². The van der Waals surface area contributed by atoms with E-state index in [1.807, 2.05) is 136 Å². The zero-order valence-corrected chi connectivity index (χ0v) is 49.5. The highest BCUT2D eigenvalue weighted by Crippen LogP contribution is 2.36. The minimum Gasteiger partial charge on any atom is -0.369 e. The fourth-order valence-corrected chi connectivity index (χ4v) is 11.2. The molecule has 2 aliphatic heterocycles. The number of aryl methyl sites for hydroxylation is 1. The molecule has 456 valence electrons. The van der Waals surface area contributed by atoms with Crippen LogP contribution in [-0.2, 0) is 21.9 Å². The summed E-state index contributed by atoms with van der Waals surface area (Å²) in [5.41, 5.74) is 7.13. The summed E-state index contributed by atoms with van der Waals surface area (Å²) >= 11 is 6.18. The number of anilines is 4. The molecular formula is C69H67ClF6N8O4. The summed E-state index contributed by atoms with van der Waals surface area (Å²) < 4.78 is 78.3. The largest absolute Gasteiger partial charge is 0.416 e. The Morgan fingerprint density at radius 3 is 1.18 bits per heavy atom. The number of hydrogen-bond acceptors (Lipinski definition) is 8. The lowest BCUT2D eigenvalue weighted by atomic mass is 9.96. The number of halogens is 7. The molecule has 4 amide bonds. The van der Waals surface area contributed by atoms with Crippen molar-refractivity contribution in [3.63, 3.8) is 0 Å². The van der Waals surface area contributed by atoms with Crippen LogP contribution in [0.2, 0.25) is 5.02 Å². The van der Waals surface area contributed by atoms with Crippen LogP contribution >= 0.6 is 11.6 Å². The second-order valence-electron chi connectivity index (χ2n) is 21.4. The fourth-order valence-electron chi connectivity index (χ4n) is 11.0. The van der Waals surface area contributed by atoms with Gasteiger partial charge < -0.3 is 31.1 Å². The molecule has 0 saturated carbocycles. The number of alkyl halides is 6. The number of nitrogens with one attached hydrogen (secondary N) is 4. The first-order valence-corrected chi connectivity index (χ1v) is 29.4. The molecule has 0 spiro atoms. The highest BCUT2D eigenvalue weighted by molar-refractivity contribution is 6.31. The quantitative estimate of drug-likeness (QED) is 0.0704. The van der Waals surface area contributed by atoms with Crippen LogP contribution in [0.3, 0.4) is 0 Å². The summed E-state index contributed by atoms with van der Waals surface area (Å²) in [4.78, 5) is 61.4. The van der Waals surface area contributed by atoms with E-state index >= 15 is 0 Å². The van der Waals surface area contributed by atoms with E-state index in [0.29, 0.717) is 70.4 Å². The molecule has 2 atom stereocenters. The Labute approximate surface area is 513 Å². The molecule has 12 nitrogen and oxygen atoms in total. The van der Waals surface area contributed by atoms with E-state index in [0.717, 1.165) is 91.6 Å². The van der Waals surface area contributed by atoms with Crippen LogP contribution in [0.5, 0.6) is 0 Å². The number of hydrogen-bond donors (Lipinski definition) is 4. The minimum atomic E-state index is -4.45. The highest BCUT2D eigenvalue weighted by atomic mass is 35.5. The molecule has 88 heavy (non-hydrogen) atoms. The van der Waals surface area contributed by atoms with Gasteiger partial charge in [0.15, 0.2) is 0 Å². The monoisotopic (exact) mass is 1220 g/mol. The molecule has 8 aromatic carbocycles. The third kappa shape index (κ3) is 16.0. The van der Waals surface area contributed by atoms with Crippen molar-refractivity contribution < 1.29 is 45.5 Å². The molecule has 0 radical (unpaired) electrons. The maximum absolute atomic E-state index is 13.4. The maximum Gasteiger partial charge on any atom is 0.416 e. The van der Waals surface area contributed by atoms with Gasteiger partial charge in [-0.05, 0) is 145 Å². The van der Waals surface area contributed by atoms with Crippen molar-refractivity contribution in [2.45, 2.75) is 45.2 Å². The molecule has 19 heteroatoms. The Bertz CT molecular complexity index is 3410. The van der Waals surface area contributed by atoms with Gasteiger partial charge in [-0.2, -0.15) is 26.3 Å². The molecule has 2 fully saturated rings. The van der Waals surface area contributed by atoms with Gasteiger partial charge in [-0.25, -0.2) is 0 Å². The molecule has 4 N–H and O–H groups in total. The summed E-state index contributed by atoms with van der Waals surface area (Å²) in [5.74, 6) is -0.779. The molecule has 8 aromatic rings. The van der Waals surface area contributed by atoms with E-state index in [1.165, 1.54) is 30.3 Å². The summed E-state index contributed by atoms with van der Waals surface area (Å²) in [6.45, 7) is 12.6. The first kappa shape index (κ1) is 63.5. The Hall–Kier alpha value is -8.97. The van der Waals surface area contributed by atoms with Gasteiger partial charge >= 0.3 is 12.4 Å². The third-order valence-corrected chi connectivity index (χ3v) is 15.7. The normalized spacial score (nSPS) is 14.6. The molecule has 0 aliphatic carbocycles. The summed E-state index contributed by atoms with van der Waals surface area (Å²) in [6.07, 6.45) is -8.88. The van der Waals surface area contributed by atoms with Crippen LogP contribution in [0.1, 0.15) is 74.5 Å². The lowest BCUT2D eigenvalue weighted by Gasteiger charge is -2.39. The van der Waals surface area contributed by atoms with E-state index in [1.54, 1.807) is 24.3 Å². The Balaban J connectivity index is 0.000000209. The highest BCUT2D eigenvalue weighted by Gasteiger charge is 2.34.